The Balaban J connectivity index is 1.48. The van der Waals surface area contributed by atoms with Gasteiger partial charge in [-0.15, -0.1) is 0 Å². The minimum absolute atomic E-state index is 0.0690. The second kappa shape index (κ2) is 7.93. The van der Waals surface area contributed by atoms with Crippen molar-refractivity contribution >= 4 is 11.8 Å². The van der Waals surface area contributed by atoms with E-state index in [4.69, 9.17) is 4.98 Å². The minimum Gasteiger partial charge on any atom is -0.338 e. The number of likely N-dealkylation sites (tertiary alicyclic amines) is 1. The average molecular weight is 396 g/mol. The van der Waals surface area contributed by atoms with E-state index in [0.717, 1.165) is 48.6 Å². The Bertz CT molecular complexity index is 924. The van der Waals surface area contributed by atoms with Crippen molar-refractivity contribution in [3.8, 4) is 0 Å². The van der Waals surface area contributed by atoms with Crippen molar-refractivity contribution in [1.82, 2.24) is 29.5 Å². The Kier molecular flexibility index (Phi) is 5.34. The molecular formula is C21H28N6O2. The third-order valence-corrected chi connectivity index (χ3v) is 5.89. The van der Waals surface area contributed by atoms with Gasteiger partial charge in [-0.2, -0.15) is 5.10 Å². The zero-order valence-corrected chi connectivity index (χ0v) is 17.3. The van der Waals surface area contributed by atoms with Crippen LogP contribution >= 0.6 is 0 Å². The summed E-state index contributed by atoms with van der Waals surface area (Å²) in [5, 5.41) is 4.40. The van der Waals surface area contributed by atoms with Gasteiger partial charge >= 0.3 is 0 Å². The molecule has 4 rings (SSSR count). The van der Waals surface area contributed by atoms with Crippen molar-refractivity contribution in [1.29, 1.82) is 0 Å². The minimum atomic E-state index is -0.156. The predicted octanol–water partition coefficient (Wildman–Crippen LogP) is 1.89. The molecule has 154 valence electrons. The summed E-state index contributed by atoms with van der Waals surface area (Å²) in [5.74, 6) is 0.781. The first-order valence-electron chi connectivity index (χ1n) is 10.3. The topological polar surface area (TPSA) is 84.2 Å². The van der Waals surface area contributed by atoms with Crippen LogP contribution in [0.25, 0.3) is 0 Å². The Hall–Kier alpha value is -2.77. The fourth-order valence-corrected chi connectivity index (χ4v) is 4.27. The number of aromatic nitrogens is 4. The van der Waals surface area contributed by atoms with Crippen LogP contribution in [0.4, 0.5) is 0 Å². The predicted molar refractivity (Wildman–Crippen MR) is 107 cm³/mol. The monoisotopic (exact) mass is 396 g/mol. The van der Waals surface area contributed by atoms with Gasteiger partial charge in [0.1, 0.15) is 0 Å². The van der Waals surface area contributed by atoms with Crippen molar-refractivity contribution in [3.63, 3.8) is 0 Å². The zero-order valence-electron chi connectivity index (χ0n) is 17.3. The highest BCUT2D eigenvalue weighted by Gasteiger charge is 2.35. The maximum Gasteiger partial charge on any atom is 0.227 e. The SMILES string of the molecule is CC(=O)N1CCc2nc(C3CCCN3C(=O)C(C)Cn3ccc(C)n3)ncc2C1. The number of hydrogen-bond acceptors (Lipinski definition) is 5. The largest absolute Gasteiger partial charge is 0.338 e. The maximum absolute atomic E-state index is 13.1. The number of fused-ring (bicyclic) bond motifs is 1. The first-order valence-corrected chi connectivity index (χ1v) is 10.3. The highest BCUT2D eigenvalue weighted by molar-refractivity contribution is 5.79. The lowest BCUT2D eigenvalue weighted by Crippen LogP contribution is -2.38. The second-order valence-corrected chi connectivity index (χ2v) is 8.16. The van der Waals surface area contributed by atoms with Gasteiger partial charge in [-0.25, -0.2) is 9.97 Å². The molecule has 2 unspecified atom stereocenters. The summed E-state index contributed by atoms with van der Waals surface area (Å²) < 4.78 is 1.83. The van der Waals surface area contributed by atoms with Crippen LogP contribution in [0.3, 0.4) is 0 Å². The molecule has 1 saturated heterocycles. The Morgan fingerprint density at radius 2 is 2.14 bits per heavy atom. The Morgan fingerprint density at radius 3 is 2.86 bits per heavy atom. The molecule has 0 radical (unpaired) electrons. The molecule has 2 aromatic rings. The number of carbonyl (C=O) groups is 2. The van der Waals surface area contributed by atoms with Gasteiger partial charge in [0.05, 0.1) is 29.9 Å². The van der Waals surface area contributed by atoms with Crippen LogP contribution < -0.4 is 0 Å². The maximum atomic E-state index is 13.1. The quantitative estimate of drug-likeness (QED) is 0.788. The van der Waals surface area contributed by atoms with Gasteiger partial charge in [-0.1, -0.05) is 6.92 Å². The molecule has 1 fully saturated rings. The van der Waals surface area contributed by atoms with Crippen LogP contribution in [0.1, 0.15) is 55.5 Å². The van der Waals surface area contributed by atoms with Crippen LogP contribution in [0.15, 0.2) is 18.5 Å². The van der Waals surface area contributed by atoms with Crippen LogP contribution in [-0.2, 0) is 29.1 Å². The molecule has 2 aromatic heterocycles. The Labute approximate surface area is 170 Å². The van der Waals surface area contributed by atoms with Gasteiger partial charge in [0.2, 0.25) is 11.8 Å². The highest BCUT2D eigenvalue weighted by Crippen LogP contribution is 2.32. The van der Waals surface area contributed by atoms with Crippen molar-refractivity contribution < 1.29 is 9.59 Å². The molecule has 8 heteroatoms. The molecule has 4 heterocycles. The van der Waals surface area contributed by atoms with Crippen LogP contribution in [0.5, 0.6) is 0 Å². The van der Waals surface area contributed by atoms with E-state index in [1.165, 1.54) is 0 Å². The van der Waals surface area contributed by atoms with Crippen LogP contribution in [-0.4, -0.2) is 54.5 Å². The summed E-state index contributed by atoms with van der Waals surface area (Å²) in [5.41, 5.74) is 2.97. The molecular weight excluding hydrogens is 368 g/mol. The van der Waals surface area contributed by atoms with E-state index in [0.29, 0.717) is 19.6 Å². The molecule has 2 atom stereocenters. The number of amides is 2. The molecule has 0 saturated carbocycles. The summed E-state index contributed by atoms with van der Waals surface area (Å²) in [4.78, 5) is 37.9. The smallest absolute Gasteiger partial charge is 0.227 e. The van der Waals surface area contributed by atoms with E-state index in [1.54, 1.807) is 6.92 Å². The van der Waals surface area contributed by atoms with E-state index in [9.17, 15) is 9.59 Å². The number of rotatable bonds is 4. The summed E-state index contributed by atoms with van der Waals surface area (Å²) in [6, 6.07) is 1.88. The highest BCUT2D eigenvalue weighted by atomic mass is 16.2. The first-order chi connectivity index (χ1) is 13.9. The Morgan fingerprint density at radius 1 is 1.31 bits per heavy atom. The number of hydrogen-bond donors (Lipinski definition) is 0. The van der Waals surface area contributed by atoms with Gasteiger partial charge < -0.3 is 9.80 Å². The van der Waals surface area contributed by atoms with Gasteiger partial charge in [0, 0.05) is 50.9 Å². The van der Waals surface area contributed by atoms with Gasteiger partial charge in [-0.05, 0) is 25.8 Å². The lowest BCUT2D eigenvalue weighted by Gasteiger charge is -2.29. The molecule has 0 bridgehead atoms. The molecule has 0 spiro atoms. The van der Waals surface area contributed by atoms with E-state index < -0.39 is 0 Å². The van der Waals surface area contributed by atoms with Crippen molar-refractivity contribution in [2.45, 2.75) is 59.2 Å². The number of aryl methyl sites for hydroxylation is 1. The third-order valence-electron chi connectivity index (χ3n) is 5.89. The van der Waals surface area contributed by atoms with Gasteiger partial charge in [-0.3, -0.25) is 14.3 Å². The lowest BCUT2D eigenvalue weighted by atomic mass is 10.1. The number of nitrogens with zero attached hydrogens (tertiary/aromatic N) is 6. The molecule has 0 aliphatic carbocycles. The molecule has 0 N–H and O–H groups in total. The first kappa shape index (κ1) is 19.5. The third kappa shape index (κ3) is 4.02. The van der Waals surface area contributed by atoms with Crippen LogP contribution in [0.2, 0.25) is 0 Å². The van der Waals surface area contributed by atoms with Gasteiger partial charge in [0.15, 0.2) is 5.82 Å². The molecule has 8 nitrogen and oxygen atoms in total. The lowest BCUT2D eigenvalue weighted by molar-refractivity contribution is -0.136. The molecule has 2 amide bonds. The standard InChI is InChI=1S/C21H28N6O2/c1-14(12-26-10-6-15(2)24-26)21(29)27-8-4-5-19(27)20-22-11-17-13-25(16(3)28)9-7-18(17)23-20/h6,10-11,14,19H,4-5,7-9,12-13H2,1-3H3. The fourth-order valence-electron chi connectivity index (χ4n) is 4.27. The number of carbonyl (C=O) groups excluding carboxylic acids is 2. The summed E-state index contributed by atoms with van der Waals surface area (Å²) in [7, 11) is 0. The molecule has 0 aromatic carbocycles. The second-order valence-electron chi connectivity index (χ2n) is 8.16. The molecule has 2 aliphatic heterocycles. The van der Waals surface area contributed by atoms with Crippen LogP contribution in [0, 0.1) is 12.8 Å². The molecule has 2 aliphatic rings. The summed E-state index contributed by atoms with van der Waals surface area (Å²) >= 11 is 0. The fraction of sp³-hybridized carbons (Fsp3) is 0.571. The van der Waals surface area contributed by atoms with E-state index >= 15 is 0 Å². The summed E-state index contributed by atoms with van der Waals surface area (Å²) in [6.45, 7) is 8.06. The van der Waals surface area contributed by atoms with Gasteiger partial charge in [0.25, 0.3) is 0 Å². The average Bonchev–Trinajstić information content (AvgIpc) is 3.35. The molecule has 29 heavy (non-hydrogen) atoms. The van der Waals surface area contributed by atoms with Crippen molar-refractivity contribution in [2.24, 2.45) is 5.92 Å². The van der Waals surface area contributed by atoms with Crippen molar-refractivity contribution in [2.75, 3.05) is 13.1 Å². The van der Waals surface area contributed by atoms with E-state index in [2.05, 4.69) is 10.1 Å². The van der Waals surface area contributed by atoms with E-state index in [-0.39, 0.29) is 23.8 Å². The zero-order chi connectivity index (χ0) is 20.5. The summed E-state index contributed by atoms with van der Waals surface area (Å²) in [6.07, 6.45) is 6.33. The van der Waals surface area contributed by atoms with Crippen molar-refractivity contribution in [3.05, 3.63) is 41.2 Å². The van der Waals surface area contributed by atoms with E-state index in [1.807, 2.05) is 46.8 Å². The normalized spacial score (nSPS) is 19.9.